The smallest absolute Gasteiger partial charge is 0.319 e. The number of imidazole rings is 1. The van der Waals surface area contributed by atoms with E-state index in [1.807, 2.05) is 41.8 Å². The second kappa shape index (κ2) is 10.8. The number of carbonyl (C=O) groups excluding carboxylic acids is 1. The Morgan fingerprint density at radius 3 is 2.73 bits per heavy atom. The Morgan fingerprint density at radius 2 is 2.00 bits per heavy atom. The third-order valence-electron chi connectivity index (χ3n) is 7.47. The van der Waals surface area contributed by atoms with Crippen LogP contribution in [0.5, 0.6) is 6.01 Å². The van der Waals surface area contributed by atoms with E-state index in [1.165, 1.54) is 6.08 Å². The molecule has 12 heteroatoms. The zero-order chi connectivity index (χ0) is 28.7. The Bertz CT molecular complexity index is 1790. The Balaban J connectivity index is 1.45. The van der Waals surface area contributed by atoms with Gasteiger partial charge in [0.2, 0.25) is 5.91 Å². The maximum absolute atomic E-state index is 16.6. The number of piperazine rings is 1. The van der Waals surface area contributed by atoms with Crippen LogP contribution in [0.4, 0.5) is 10.2 Å². The minimum Gasteiger partial charge on any atom is -0.463 e. The predicted molar refractivity (Wildman–Crippen MR) is 156 cm³/mol. The molecule has 0 spiro atoms. The number of aromatic nitrogens is 6. The second-order valence-corrected chi connectivity index (χ2v) is 10.3. The molecule has 41 heavy (non-hydrogen) atoms. The van der Waals surface area contributed by atoms with E-state index in [0.717, 1.165) is 22.3 Å². The molecule has 0 saturated carbocycles. The highest BCUT2D eigenvalue weighted by molar-refractivity contribution is 6.35. The van der Waals surface area contributed by atoms with Crippen LogP contribution in [0.2, 0.25) is 5.02 Å². The number of amides is 1. The van der Waals surface area contributed by atoms with Gasteiger partial charge in [-0.05, 0) is 30.7 Å². The number of ether oxygens (including phenoxy) is 1. The van der Waals surface area contributed by atoms with E-state index in [2.05, 4.69) is 26.7 Å². The lowest BCUT2D eigenvalue weighted by atomic mass is 9.95. The van der Waals surface area contributed by atoms with E-state index in [0.29, 0.717) is 49.4 Å². The second-order valence-electron chi connectivity index (χ2n) is 9.93. The molecular formula is C29H28ClFN8O2. The maximum Gasteiger partial charge on any atom is 0.319 e. The average Bonchev–Trinajstić information content (AvgIpc) is 3.62. The molecule has 0 atom stereocenters. The number of halogens is 2. The van der Waals surface area contributed by atoms with Crippen molar-refractivity contribution in [1.29, 1.82) is 0 Å². The van der Waals surface area contributed by atoms with E-state index in [-0.39, 0.29) is 34.6 Å². The summed E-state index contributed by atoms with van der Waals surface area (Å²) in [5.41, 5.74) is 2.62. The molecule has 1 aliphatic heterocycles. The van der Waals surface area contributed by atoms with Crippen molar-refractivity contribution in [3.63, 3.8) is 0 Å². The lowest BCUT2D eigenvalue weighted by molar-refractivity contribution is -0.126. The van der Waals surface area contributed by atoms with Crippen LogP contribution in [0.1, 0.15) is 11.4 Å². The van der Waals surface area contributed by atoms with Crippen LogP contribution >= 0.6 is 11.6 Å². The summed E-state index contributed by atoms with van der Waals surface area (Å²) in [6, 6.07) is 5.56. The Labute approximate surface area is 240 Å². The number of carbonyl (C=O) groups is 1. The highest BCUT2D eigenvalue weighted by Gasteiger charge is 2.27. The summed E-state index contributed by atoms with van der Waals surface area (Å²) in [4.78, 5) is 29.4. The van der Waals surface area contributed by atoms with Gasteiger partial charge < -0.3 is 19.1 Å². The highest BCUT2D eigenvalue weighted by atomic mass is 35.5. The lowest BCUT2D eigenvalue weighted by Gasteiger charge is -2.35. The number of anilines is 1. The van der Waals surface area contributed by atoms with Gasteiger partial charge in [-0.1, -0.05) is 24.2 Å². The molecule has 6 rings (SSSR count). The van der Waals surface area contributed by atoms with E-state index < -0.39 is 5.82 Å². The van der Waals surface area contributed by atoms with E-state index in [1.54, 1.807) is 23.4 Å². The Hall–Kier alpha value is -4.51. The van der Waals surface area contributed by atoms with Gasteiger partial charge in [0.25, 0.3) is 0 Å². The molecule has 0 unspecified atom stereocenters. The molecule has 10 nitrogen and oxygen atoms in total. The molecule has 4 heterocycles. The number of nitrogens with one attached hydrogen (secondary N) is 1. The quantitative estimate of drug-likeness (QED) is 0.286. The Kier molecular flexibility index (Phi) is 7.04. The van der Waals surface area contributed by atoms with Gasteiger partial charge >= 0.3 is 6.01 Å². The fourth-order valence-corrected chi connectivity index (χ4v) is 5.58. The van der Waals surface area contributed by atoms with Gasteiger partial charge in [0, 0.05) is 73.9 Å². The molecular weight excluding hydrogens is 547 g/mol. The number of fused-ring (bicyclic) bond motifs is 2. The minimum atomic E-state index is -0.567. The van der Waals surface area contributed by atoms with Crippen LogP contribution in [-0.4, -0.2) is 73.3 Å². The van der Waals surface area contributed by atoms with E-state index in [9.17, 15) is 4.79 Å². The summed E-state index contributed by atoms with van der Waals surface area (Å²) < 4.78 is 24.5. The molecule has 210 valence electrons. The third kappa shape index (κ3) is 4.86. The average molecular weight is 575 g/mol. The van der Waals surface area contributed by atoms with Crippen molar-refractivity contribution in [3.8, 4) is 17.1 Å². The van der Waals surface area contributed by atoms with Crippen molar-refractivity contribution in [3.05, 3.63) is 71.7 Å². The van der Waals surface area contributed by atoms with Gasteiger partial charge in [-0.15, -0.1) is 0 Å². The molecule has 3 aromatic heterocycles. The lowest BCUT2D eigenvalue weighted by Crippen LogP contribution is -2.48. The summed E-state index contributed by atoms with van der Waals surface area (Å²) in [6.07, 6.45) is 7.08. The number of nitrogens with zero attached hydrogens (tertiary/aromatic N) is 7. The predicted octanol–water partition coefficient (Wildman–Crippen LogP) is 4.46. The van der Waals surface area contributed by atoms with Gasteiger partial charge in [-0.3, -0.25) is 9.89 Å². The molecule has 5 aromatic rings. The number of hydrogen-bond donors (Lipinski definition) is 1. The first-order valence-electron chi connectivity index (χ1n) is 13.2. The van der Waals surface area contributed by atoms with Crippen LogP contribution in [0, 0.1) is 12.7 Å². The third-order valence-corrected chi connectivity index (χ3v) is 7.77. The summed E-state index contributed by atoms with van der Waals surface area (Å²) >= 11 is 6.82. The molecule has 0 bridgehead atoms. The molecule has 1 saturated heterocycles. The monoisotopic (exact) mass is 574 g/mol. The fraction of sp³-hybridized carbons (Fsp3) is 0.276. The van der Waals surface area contributed by atoms with Gasteiger partial charge in [0.05, 0.1) is 23.3 Å². The summed E-state index contributed by atoms with van der Waals surface area (Å²) in [5, 5.41) is 8.54. The number of aryl methyl sites for hydroxylation is 2. The van der Waals surface area contributed by atoms with Gasteiger partial charge in [-0.2, -0.15) is 15.1 Å². The SMILES string of the molecule is C=CC(=O)N1CCN(c2nc(OCCc3nccn3C)nc3c(F)c(-c4c(C)ccc5[nH]ncc45)c(Cl)cc23)CC1. The molecule has 0 radical (unpaired) electrons. The number of rotatable bonds is 7. The van der Waals surface area contributed by atoms with Gasteiger partial charge in [0.1, 0.15) is 17.2 Å². The summed E-state index contributed by atoms with van der Waals surface area (Å²) in [7, 11) is 1.91. The van der Waals surface area contributed by atoms with Gasteiger partial charge in [-0.25, -0.2) is 9.37 Å². The van der Waals surface area contributed by atoms with E-state index >= 15 is 4.39 Å². The maximum atomic E-state index is 16.6. The normalized spacial score (nSPS) is 13.8. The van der Waals surface area contributed by atoms with Crippen LogP contribution in [0.3, 0.4) is 0 Å². The number of aromatic amines is 1. The standard InChI is InChI=1S/C29H28ClFN8O2/c1-4-23(40)38-10-12-39(13-11-38)28-18-15-20(30)25(24-17(2)5-6-21-19(24)16-33-36-21)26(31)27(18)34-29(35-28)41-14-7-22-32-8-9-37(22)3/h4-6,8-9,15-16H,1,7,10-14H2,2-3H3,(H,33,36). The number of benzene rings is 2. The molecule has 1 amide bonds. The zero-order valence-electron chi connectivity index (χ0n) is 22.7. The first-order valence-corrected chi connectivity index (χ1v) is 13.6. The fourth-order valence-electron chi connectivity index (χ4n) is 5.29. The molecule has 1 N–H and O–H groups in total. The van der Waals surface area contributed by atoms with Crippen molar-refractivity contribution in [1.82, 2.24) is 34.6 Å². The molecule has 2 aromatic carbocycles. The molecule has 1 aliphatic rings. The van der Waals surface area contributed by atoms with Crippen LogP contribution in [0.15, 0.2) is 49.4 Å². The van der Waals surface area contributed by atoms with Crippen molar-refractivity contribution in [2.45, 2.75) is 13.3 Å². The van der Waals surface area contributed by atoms with Crippen molar-refractivity contribution in [2.24, 2.45) is 7.05 Å². The topological polar surface area (TPSA) is 105 Å². The van der Waals surface area contributed by atoms with Crippen LogP contribution in [0.25, 0.3) is 32.9 Å². The Morgan fingerprint density at radius 1 is 1.20 bits per heavy atom. The summed E-state index contributed by atoms with van der Waals surface area (Å²) in [5.74, 6) is 0.650. The van der Waals surface area contributed by atoms with Crippen molar-refractivity contribution in [2.75, 3.05) is 37.7 Å². The number of H-pyrrole nitrogens is 1. The highest BCUT2D eigenvalue weighted by Crippen LogP contribution is 2.42. The largest absolute Gasteiger partial charge is 0.463 e. The minimum absolute atomic E-state index is 0.0525. The van der Waals surface area contributed by atoms with Crippen molar-refractivity contribution < 1.29 is 13.9 Å². The first kappa shape index (κ1) is 26.7. The first-order chi connectivity index (χ1) is 19.9. The molecule has 1 fully saturated rings. The summed E-state index contributed by atoms with van der Waals surface area (Å²) in [6.45, 7) is 7.68. The van der Waals surface area contributed by atoms with Crippen LogP contribution in [-0.2, 0) is 18.3 Å². The zero-order valence-corrected chi connectivity index (χ0v) is 23.5. The van der Waals surface area contributed by atoms with Crippen molar-refractivity contribution >= 4 is 45.1 Å². The number of hydrogen-bond acceptors (Lipinski definition) is 7. The van der Waals surface area contributed by atoms with Gasteiger partial charge in [0.15, 0.2) is 5.82 Å². The van der Waals surface area contributed by atoms with Crippen LogP contribution < -0.4 is 9.64 Å². The molecule has 0 aliphatic carbocycles. The van der Waals surface area contributed by atoms with E-state index in [4.69, 9.17) is 21.3 Å².